The number of carbonyl (C=O) groups is 1. The molecular formula is C13H20F3NO2. The standard InChI is InChI=1S/C11H19N.C2HF3O2/c1-2-9(3-1)10-4-5-11(6-10)7-12-8-11;3-2(4,5)1(6)7/h9-10,12H,1-8H2;(H,6,7). The van der Waals surface area contributed by atoms with E-state index in [4.69, 9.17) is 9.90 Å². The quantitative estimate of drug-likeness (QED) is 0.757. The summed E-state index contributed by atoms with van der Waals surface area (Å²) in [4.78, 5) is 8.78. The highest BCUT2D eigenvalue weighted by atomic mass is 19.4. The number of quaternary nitrogens is 1. The number of carbonyl (C=O) groups excluding carboxylic acids is 1. The van der Waals surface area contributed by atoms with Crippen LogP contribution in [0.3, 0.4) is 0 Å². The zero-order valence-electron chi connectivity index (χ0n) is 10.8. The normalized spacial score (nSPS) is 29.1. The monoisotopic (exact) mass is 279 g/mol. The van der Waals surface area contributed by atoms with E-state index in [0.717, 1.165) is 17.3 Å². The Bertz CT molecular complexity index is 335. The minimum absolute atomic E-state index is 0.847. The molecule has 3 fully saturated rings. The summed E-state index contributed by atoms with van der Waals surface area (Å²) in [7, 11) is 0. The molecule has 0 radical (unpaired) electrons. The molecule has 1 atom stereocenters. The van der Waals surface area contributed by atoms with Crippen molar-refractivity contribution in [2.45, 2.75) is 44.7 Å². The number of alkyl halides is 3. The van der Waals surface area contributed by atoms with Gasteiger partial charge in [-0.15, -0.1) is 0 Å². The third-order valence-electron chi connectivity index (χ3n) is 4.94. The van der Waals surface area contributed by atoms with Crippen LogP contribution in [0.25, 0.3) is 0 Å². The average Bonchev–Trinajstić information content (AvgIpc) is 2.58. The van der Waals surface area contributed by atoms with Gasteiger partial charge in [0.25, 0.3) is 0 Å². The van der Waals surface area contributed by atoms with Gasteiger partial charge in [0.15, 0.2) is 0 Å². The predicted octanol–water partition coefficient (Wildman–Crippen LogP) is 0.449. The van der Waals surface area contributed by atoms with Gasteiger partial charge in [0, 0.05) is 0 Å². The highest BCUT2D eigenvalue weighted by molar-refractivity contribution is 5.70. The van der Waals surface area contributed by atoms with Crippen molar-refractivity contribution >= 4 is 5.97 Å². The minimum atomic E-state index is -5.19. The van der Waals surface area contributed by atoms with Gasteiger partial charge in [-0.1, -0.05) is 19.3 Å². The van der Waals surface area contributed by atoms with E-state index in [1.54, 1.807) is 32.1 Å². The molecule has 3 nitrogen and oxygen atoms in total. The highest BCUT2D eigenvalue weighted by Crippen LogP contribution is 2.49. The van der Waals surface area contributed by atoms with Gasteiger partial charge in [-0.2, -0.15) is 13.2 Å². The SMILES string of the molecule is C1CC(C2CCC3(C[NH2+]C3)C2)C1.O=C([O-])C(F)(F)F. The van der Waals surface area contributed by atoms with Crippen LogP contribution in [0.1, 0.15) is 38.5 Å². The topological polar surface area (TPSA) is 56.7 Å². The maximum Gasteiger partial charge on any atom is 0.430 e. The zero-order chi connectivity index (χ0) is 14.1. The predicted molar refractivity (Wildman–Crippen MR) is 59.8 cm³/mol. The molecule has 2 N–H and O–H groups in total. The second-order valence-electron chi connectivity index (χ2n) is 6.18. The van der Waals surface area contributed by atoms with E-state index in [9.17, 15) is 13.2 Å². The maximum absolute atomic E-state index is 10.5. The van der Waals surface area contributed by atoms with Crippen LogP contribution in [-0.2, 0) is 4.79 Å². The first-order valence-electron chi connectivity index (χ1n) is 6.92. The summed E-state index contributed by atoms with van der Waals surface area (Å²) >= 11 is 0. The number of halogens is 3. The minimum Gasteiger partial charge on any atom is -0.542 e. The van der Waals surface area contributed by atoms with Crippen molar-refractivity contribution in [3.05, 3.63) is 0 Å². The lowest BCUT2D eigenvalue weighted by atomic mass is 9.72. The van der Waals surface area contributed by atoms with Crippen LogP contribution in [0.2, 0.25) is 0 Å². The smallest absolute Gasteiger partial charge is 0.430 e. The van der Waals surface area contributed by atoms with E-state index in [1.165, 1.54) is 19.5 Å². The number of carboxylic acids is 1. The molecular weight excluding hydrogens is 259 g/mol. The number of rotatable bonds is 1. The molecule has 0 bridgehead atoms. The van der Waals surface area contributed by atoms with Gasteiger partial charge in [0.05, 0.1) is 18.5 Å². The molecule has 2 saturated carbocycles. The average molecular weight is 279 g/mol. The lowest BCUT2D eigenvalue weighted by Gasteiger charge is -2.37. The Morgan fingerprint density at radius 1 is 1.16 bits per heavy atom. The van der Waals surface area contributed by atoms with Crippen molar-refractivity contribution < 1.29 is 28.4 Å². The molecule has 1 unspecified atom stereocenters. The fourth-order valence-corrected chi connectivity index (χ4v) is 3.49. The van der Waals surface area contributed by atoms with Crippen molar-refractivity contribution in [2.75, 3.05) is 13.1 Å². The van der Waals surface area contributed by atoms with Crippen LogP contribution < -0.4 is 10.4 Å². The van der Waals surface area contributed by atoms with Crippen molar-refractivity contribution in [1.29, 1.82) is 0 Å². The Morgan fingerprint density at radius 2 is 1.74 bits per heavy atom. The number of nitrogens with two attached hydrogens (primary N) is 1. The molecule has 2 aliphatic carbocycles. The molecule has 0 amide bonds. The first-order valence-corrected chi connectivity index (χ1v) is 6.92. The van der Waals surface area contributed by atoms with E-state index in [0.29, 0.717) is 0 Å². The van der Waals surface area contributed by atoms with Gasteiger partial charge in [0.1, 0.15) is 5.97 Å². The summed E-state index contributed by atoms with van der Waals surface area (Å²) in [5.74, 6) is -0.704. The van der Waals surface area contributed by atoms with Crippen molar-refractivity contribution in [3.8, 4) is 0 Å². The summed E-state index contributed by atoms with van der Waals surface area (Å²) in [6.45, 7) is 2.91. The van der Waals surface area contributed by atoms with Gasteiger partial charge in [0.2, 0.25) is 0 Å². The van der Waals surface area contributed by atoms with Crippen molar-refractivity contribution in [2.24, 2.45) is 17.3 Å². The van der Waals surface area contributed by atoms with Crippen LogP contribution in [0.15, 0.2) is 0 Å². The number of hydrogen-bond acceptors (Lipinski definition) is 2. The van der Waals surface area contributed by atoms with Crippen LogP contribution in [0.4, 0.5) is 13.2 Å². The Labute approximate surface area is 110 Å². The molecule has 110 valence electrons. The largest absolute Gasteiger partial charge is 0.542 e. The van der Waals surface area contributed by atoms with E-state index in [1.807, 2.05) is 0 Å². The van der Waals surface area contributed by atoms with Gasteiger partial charge in [-0.25, -0.2) is 0 Å². The molecule has 3 rings (SSSR count). The van der Waals surface area contributed by atoms with Crippen molar-refractivity contribution in [1.82, 2.24) is 0 Å². The molecule has 19 heavy (non-hydrogen) atoms. The van der Waals surface area contributed by atoms with Gasteiger partial charge < -0.3 is 15.2 Å². The Morgan fingerprint density at radius 3 is 2.00 bits per heavy atom. The van der Waals surface area contributed by atoms with E-state index in [2.05, 4.69) is 5.32 Å². The number of aliphatic carboxylic acids is 1. The fourth-order valence-electron chi connectivity index (χ4n) is 3.49. The van der Waals surface area contributed by atoms with Crippen LogP contribution >= 0.6 is 0 Å². The van der Waals surface area contributed by atoms with Crippen LogP contribution in [0, 0.1) is 17.3 Å². The maximum atomic E-state index is 10.5. The first kappa shape index (κ1) is 14.6. The summed E-state index contributed by atoms with van der Waals surface area (Å²) in [5.41, 5.74) is 0.847. The molecule has 1 saturated heterocycles. The summed E-state index contributed by atoms with van der Waals surface area (Å²) in [6.07, 6.45) is 4.17. The van der Waals surface area contributed by atoms with E-state index in [-0.39, 0.29) is 0 Å². The van der Waals surface area contributed by atoms with Gasteiger partial charge in [-0.3, -0.25) is 0 Å². The molecule has 0 aromatic rings. The summed E-state index contributed by atoms with van der Waals surface area (Å²) < 4.78 is 31.5. The van der Waals surface area contributed by atoms with Crippen molar-refractivity contribution in [3.63, 3.8) is 0 Å². The second-order valence-corrected chi connectivity index (χ2v) is 6.18. The van der Waals surface area contributed by atoms with Gasteiger partial charge >= 0.3 is 6.18 Å². The molecule has 1 heterocycles. The molecule has 1 aliphatic heterocycles. The second kappa shape index (κ2) is 5.31. The molecule has 1 spiro atoms. The molecule has 3 aliphatic rings. The number of hydrogen-bond donors (Lipinski definition) is 1. The fraction of sp³-hybridized carbons (Fsp3) is 0.923. The molecule has 6 heteroatoms. The third kappa shape index (κ3) is 3.41. The van der Waals surface area contributed by atoms with E-state index >= 15 is 0 Å². The third-order valence-corrected chi connectivity index (χ3v) is 4.94. The molecule has 0 aromatic heterocycles. The Kier molecular flexibility index (Phi) is 4.08. The van der Waals surface area contributed by atoms with Gasteiger partial charge in [-0.05, 0) is 31.1 Å². The zero-order valence-corrected chi connectivity index (χ0v) is 10.8. The highest BCUT2D eigenvalue weighted by Gasteiger charge is 2.49. The lowest BCUT2D eigenvalue weighted by Crippen LogP contribution is -2.99. The summed E-state index contributed by atoms with van der Waals surface area (Å²) in [6, 6.07) is 0. The number of carboxylic acid groups (broad SMARTS) is 1. The Hall–Kier alpha value is -0.780. The Balaban J connectivity index is 0.000000167. The van der Waals surface area contributed by atoms with E-state index < -0.39 is 12.1 Å². The molecule has 0 aromatic carbocycles. The van der Waals surface area contributed by atoms with Crippen LogP contribution in [0.5, 0.6) is 0 Å². The van der Waals surface area contributed by atoms with Crippen LogP contribution in [-0.4, -0.2) is 25.2 Å². The lowest BCUT2D eigenvalue weighted by molar-refractivity contribution is -0.741. The first-order chi connectivity index (χ1) is 8.82. The summed E-state index contributed by atoms with van der Waals surface area (Å²) in [5, 5.41) is 11.3.